The van der Waals surface area contributed by atoms with Gasteiger partial charge in [0.15, 0.2) is 23.9 Å². The Labute approximate surface area is 161 Å². The van der Waals surface area contributed by atoms with Crippen LogP contribution in [-0.2, 0) is 9.53 Å². The molecule has 0 spiro atoms. The van der Waals surface area contributed by atoms with Crippen molar-refractivity contribution in [1.82, 2.24) is 0 Å². The predicted octanol–water partition coefficient (Wildman–Crippen LogP) is 3.32. The lowest BCUT2D eigenvalue weighted by molar-refractivity contribution is -0.119. The van der Waals surface area contributed by atoms with Crippen molar-refractivity contribution in [3.8, 4) is 11.5 Å². The van der Waals surface area contributed by atoms with E-state index >= 15 is 0 Å². The van der Waals surface area contributed by atoms with E-state index < -0.39 is 24.3 Å². The topological polar surface area (TPSA) is 90.9 Å². The maximum Gasteiger partial charge on any atom is 0.341 e. The fourth-order valence-corrected chi connectivity index (χ4v) is 2.75. The Kier molecular flexibility index (Phi) is 5.41. The smallest absolute Gasteiger partial charge is 0.341 e. The highest BCUT2D eigenvalue weighted by molar-refractivity contribution is 9.10. The van der Waals surface area contributed by atoms with Gasteiger partial charge in [0, 0.05) is 16.1 Å². The predicted molar refractivity (Wildman–Crippen MR) is 95.6 cm³/mol. The number of Topliss-reactive ketones (excluding diaryl/α,β-unsaturated/α-hetero) is 1. The number of carbonyl (C=O) groups excluding carboxylic acids is 3. The fourth-order valence-electron chi connectivity index (χ4n) is 2.39. The van der Waals surface area contributed by atoms with E-state index in [0.29, 0.717) is 16.0 Å². The van der Waals surface area contributed by atoms with Crippen molar-refractivity contribution in [2.24, 2.45) is 0 Å². The number of esters is 1. The maximum absolute atomic E-state index is 13.7. The Balaban J connectivity index is 1.68. The van der Waals surface area contributed by atoms with E-state index in [9.17, 15) is 18.8 Å². The van der Waals surface area contributed by atoms with Gasteiger partial charge in [-0.15, -0.1) is 0 Å². The number of anilines is 1. The lowest BCUT2D eigenvalue weighted by atomic mass is 10.1. The minimum Gasteiger partial charge on any atom is -0.454 e. The number of nitrogens with one attached hydrogen (secondary N) is 1. The first-order valence-electron chi connectivity index (χ1n) is 7.72. The summed E-state index contributed by atoms with van der Waals surface area (Å²) in [5.74, 6) is -1.96. The van der Waals surface area contributed by atoms with Crippen molar-refractivity contribution >= 4 is 39.3 Å². The molecule has 2 aromatic rings. The number of hydrogen-bond acceptors (Lipinski definition) is 6. The highest BCUT2D eigenvalue weighted by Crippen LogP contribution is 2.37. The first-order chi connectivity index (χ1) is 12.8. The lowest BCUT2D eigenvalue weighted by Crippen LogP contribution is -2.22. The molecule has 0 unspecified atom stereocenters. The molecular formula is C18H13BrFNO6. The molecule has 1 aliphatic heterocycles. The Bertz CT molecular complexity index is 946. The molecule has 2 aromatic carbocycles. The Morgan fingerprint density at radius 3 is 2.56 bits per heavy atom. The van der Waals surface area contributed by atoms with Crippen molar-refractivity contribution in [3.63, 3.8) is 0 Å². The first-order valence-corrected chi connectivity index (χ1v) is 8.51. The number of amides is 1. The number of ketones is 1. The average Bonchev–Trinajstić information content (AvgIpc) is 3.08. The minimum absolute atomic E-state index is 0.0138. The van der Waals surface area contributed by atoms with Crippen molar-refractivity contribution in [3.05, 3.63) is 51.7 Å². The second kappa shape index (κ2) is 7.75. The quantitative estimate of drug-likeness (QED) is 0.569. The Morgan fingerprint density at radius 1 is 1.15 bits per heavy atom. The second-order valence-electron chi connectivity index (χ2n) is 5.56. The number of hydrogen-bond donors (Lipinski definition) is 1. The summed E-state index contributed by atoms with van der Waals surface area (Å²) in [6.07, 6.45) is 0. The van der Waals surface area contributed by atoms with E-state index in [2.05, 4.69) is 21.2 Å². The highest BCUT2D eigenvalue weighted by atomic mass is 79.9. The Hall–Kier alpha value is -2.94. The van der Waals surface area contributed by atoms with Crippen LogP contribution in [0.3, 0.4) is 0 Å². The molecule has 1 N–H and O–H groups in total. The molecule has 1 amide bonds. The summed E-state index contributed by atoms with van der Waals surface area (Å²) in [5.41, 5.74) is 0.114. The van der Waals surface area contributed by atoms with Crippen LogP contribution in [-0.4, -0.2) is 31.1 Å². The van der Waals surface area contributed by atoms with Crippen LogP contribution in [0.5, 0.6) is 11.5 Å². The van der Waals surface area contributed by atoms with Gasteiger partial charge in [0.05, 0.1) is 11.3 Å². The molecule has 0 atom stereocenters. The molecule has 0 saturated carbocycles. The van der Waals surface area contributed by atoms with E-state index in [0.717, 1.165) is 6.07 Å². The molecule has 0 aliphatic carbocycles. The van der Waals surface area contributed by atoms with Crippen molar-refractivity contribution in [2.75, 3.05) is 18.7 Å². The van der Waals surface area contributed by atoms with Crippen molar-refractivity contribution in [2.45, 2.75) is 6.92 Å². The van der Waals surface area contributed by atoms with Gasteiger partial charge in [-0.25, -0.2) is 9.18 Å². The van der Waals surface area contributed by atoms with Crippen molar-refractivity contribution in [1.29, 1.82) is 0 Å². The van der Waals surface area contributed by atoms with Crippen molar-refractivity contribution < 1.29 is 33.0 Å². The molecule has 7 nitrogen and oxygen atoms in total. The van der Waals surface area contributed by atoms with Crippen LogP contribution in [0, 0.1) is 5.82 Å². The van der Waals surface area contributed by atoms with Crippen LogP contribution in [0.25, 0.3) is 0 Å². The second-order valence-corrected chi connectivity index (χ2v) is 6.47. The monoisotopic (exact) mass is 437 g/mol. The van der Waals surface area contributed by atoms with Gasteiger partial charge in [-0.3, -0.25) is 9.59 Å². The van der Waals surface area contributed by atoms with Gasteiger partial charge >= 0.3 is 5.97 Å². The third kappa shape index (κ3) is 4.25. The molecule has 0 fully saturated rings. The standard InChI is InChI=1S/C18H13BrFNO6/c1-9(22)11-5-15-16(27-8-26-15)6-14(11)21-17(23)7-25-18(24)12-4-10(19)2-3-13(12)20/h2-6H,7-8H2,1H3,(H,21,23). The zero-order chi connectivity index (χ0) is 19.6. The van der Waals surface area contributed by atoms with Crippen LogP contribution in [0.15, 0.2) is 34.8 Å². The normalized spacial score (nSPS) is 11.8. The summed E-state index contributed by atoms with van der Waals surface area (Å²) < 4.78 is 29.4. The maximum atomic E-state index is 13.7. The highest BCUT2D eigenvalue weighted by Gasteiger charge is 2.21. The van der Waals surface area contributed by atoms with Gasteiger partial charge in [-0.1, -0.05) is 15.9 Å². The number of benzene rings is 2. The van der Waals surface area contributed by atoms with Crippen LogP contribution < -0.4 is 14.8 Å². The number of carbonyl (C=O) groups is 3. The van der Waals surface area contributed by atoms with Crippen LogP contribution in [0.1, 0.15) is 27.6 Å². The summed E-state index contributed by atoms with van der Waals surface area (Å²) >= 11 is 3.13. The molecule has 0 bridgehead atoms. The largest absolute Gasteiger partial charge is 0.454 e. The van der Waals surface area contributed by atoms with Crippen LogP contribution >= 0.6 is 15.9 Å². The molecule has 140 valence electrons. The molecule has 1 heterocycles. The SMILES string of the molecule is CC(=O)c1cc2c(cc1NC(=O)COC(=O)c1cc(Br)ccc1F)OCO2. The van der Waals surface area contributed by atoms with E-state index in [1.807, 2.05) is 0 Å². The number of ether oxygens (including phenoxy) is 3. The van der Waals surface area contributed by atoms with E-state index in [1.54, 1.807) is 0 Å². The number of rotatable bonds is 5. The van der Waals surface area contributed by atoms with E-state index in [1.165, 1.54) is 31.2 Å². The van der Waals surface area contributed by atoms with Gasteiger partial charge < -0.3 is 19.5 Å². The first kappa shape index (κ1) is 18.8. The minimum atomic E-state index is -0.985. The molecule has 3 rings (SSSR count). The fraction of sp³-hybridized carbons (Fsp3) is 0.167. The zero-order valence-corrected chi connectivity index (χ0v) is 15.6. The van der Waals surface area contributed by atoms with Gasteiger partial charge in [0.2, 0.25) is 6.79 Å². The Morgan fingerprint density at radius 2 is 1.85 bits per heavy atom. The number of halogens is 2. The van der Waals surface area contributed by atoms with E-state index in [4.69, 9.17) is 14.2 Å². The van der Waals surface area contributed by atoms with Gasteiger partial charge in [0.25, 0.3) is 5.91 Å². The summed E-state index contributed by atoms with van der Waals surface area (Å²) in [5, 5.41) is 2.48. The molecule has 27 heavy (non-hydrogen) atoms. The summed E-state index contributed by atoms with van der Waals surface area (Å²) in [7, 11) is 0. The molecule has 0 aromatic heterocycles. The summed E-state index contributed by atoms with van der Waals surface area (Å²) in [6, 6.07) is 6.70. The molecule has 0 radical (unpaired) electrons. The van der Waals surface area contributed by atoms with Gasteiger partial charge in [0.1, 0.15) is 5.82 Å². The van der Waals surface area contributed by atoms with Gasteiger partial charge in [-0.2, -0.15) is 0 Å². The van der Waals surface area contributed by atoms with Crippen LogP contribution in [0.4, 0.5) is 10.1 Å². The van der Waals surface area contributed by atoms with Crippen LogP contribution in [0.2, 0.25) is 0 Å². The molecule has 1 aliphatic rings. The van der Waals surface area contributed by atoms with Gasteiger partial charge in [-0.05, 0) is 31.2 Å². The molecular weight excluding hydrogens is 425 g/mol. The van der Waals surface area contributed by atoms with E-state index in [-0.39, 0.29) is 29.4 Å². The zero-order valence-electron chi connectivity index (χ0n) is 14.0. The molecule has 9 heteroatoms. The summed E-state index contributed by atoms with van der Waals surface area (Å²) in [6.45, 7) is 0.694. The third-order valence-electron chi connectivity index (χ3n) is 3.65. The average molecular weight is 438 g/mol. The number of fused-ring (bicyclic) bond motifs is 1. The third-order valence-corrected chi connectivity index (χ3v) is 4.14. The summed E-state index contributed by atoms with van der Waals surface area (Å²) in [4.78, 5) is 35.8. The lowest BCUT2D eigenvalue weighted by Gasteiger charge is -2.11. The molecule has 0 saturated heterocycles.